The van der Waals surface area contributed by atoms with Gasteiger partial charge < -0.3 is 4.57 Å². The molecule has 0 aliphatic carbocycles. The van der Waals surface area contributed by atoms with Gasteiger partial charge in [-0.15, -0.1) is 0 Å². The molecule has 20 heavy (non-hydrogen) atoms. The first kappa shape index (κ1) is 14.6. The van der Waals surface area contributed by atoms with E-state index in [0.717, 1.165) is 11.3 Å². The van der Waals surface area contributed by atoms with Crippen molar-refractivity contribution >= 4 is 23.2 Å². The number of pyridine rings is 1. The van der Waals surface area contributed by atoms with Crippen LogP contribution in [0.3, 0.4) is 0 Å². The fourth-order valence-electron chi connectivity index (χ4n) is 2.06. The lowest BCUT2D eigenvalue weighted by molar-refractivity contribution is 0.727. The highest BCUT2D eigenvalue weighted by molar-refractivity contribution is 6.42. The second kappa shape index (κ2) is 6.13. The average Bonchev–Trinajstić information content (AvgIpc) is 2.44. The van der Waals surface area contributed by atoms with Crippen LogP contribution in [-0.4, -0.2) is 4.57 Å². The Labute approximate surface area is 127 Å². The molecule has 2 rings (SSSR count). The Balaban J connectivity index is 2.63. The van der Waals surface area contributed by atoms with E-state index >= 15 is 0 Å². The summed E-state index contributed by atoms with van der Waals surface area (Å²) >= 11 is 11.9. The van der Waals surface area contributed by atoms with Crippen molar-refractivity contribution in [3.05, 3.63) is 56.3 Å². The van der Waals surface area contributed by atoms with Crippen LogP contribution in [0.5, 0.6) is 0 Å². The molecule has 102 valence electrons. The van der Waals surface area contributed by atoms with Gasteiger partial charge in [0.25, 0.3) is 5.56 Å². The predicted molar refractivity (Wildman–Crippen MR) is 81.1 cm³/mol. The summed E-state index contributed by atoms with van der Waals surface area (Å²) in [5, 5.41) is 9.65. The molecule has 0 bridgehead atoms. The van der Waals surface area contributed by atoms with Crippen molar-refractivity contribution in [3.63, 3.8) is 0 Å². The van der Waals surface area contributed by atoms with E-state index in [-0.39, 0.29) is 12.0 Å². The molecule has 2 aromatic rings. The summed E-state index contributed by atoms with van der Waals surface area (Å²) < 4.78 is 1.63. The number of nitriles is 1. The normalized spacial score (nSPS) is 10.3. The molecule has 0 N–H and O–H groups in total. The van der Waals surface area contributed by atoms with Gasteiger partial charge in [0.1, 0.15) is 0 Å². The van der Waals surface area contributed by atoms with E-state index in [1.807, 2.05) is 25.1 Å². The Kier molecular flexibility index (Phi) is 4.49. The molecule has 0 saturated carbocycles. The molecule has 0 aliphatic heterocycles. The van der Waals surface area contributed by atoms with Crippen LogP contribution in [0.25, 0.3) is 11.3 Å². The van der Waals surface area contributed by atoms with Crippen LogP contribution in [0.2, 0.25) is 10.0 Å². The molecule has 1 aromatic carbocycles. The van der Waals surface area contributed by atoms with Crippen LogP contribution >= 0.6 is 23.2 Å². The van der Waals surface area contributed by atoms with Crippen LogP contribution in [-0.2, 0) is 13.0 Å². The van der Waals surface area contributed by atoms with Crippen LogP contribution < -0.4 is 5.56 Å². The zero-order valence-corrected chi connectivity index (χ0v) is 12.4. The predicted octanol–water partition coefficient (Wildman–Crippen LogP) is 3.91. The van der Waals surface area contributed by atoms with Gasteiger partial charge in [-0.1, -0.05) is 35.3 Å². The second-order valence-electron chi connectivity index (χ2n) is 4.26. The standard InChI is InChI=1S/C15H12Cl2N2O/c1-2-19-14(6-4-10(7-8-18)15(19)20)11-3-5-12(16)13(17)9-11/h3-6,9H,2,7H2,1H3. The number of halogens is 2. The molecule has 1 aromatic heterocycles. The molecule has 0 unspecified atom stereocenters. The maximum absolute atomic E-state index is 12.3. The average molecular weight is 307 g/mol. The van der Waals surface area contributed by atoms with E-state index in [1.54, 1.807) is 22.8 Å². The molecule has 1 heterocycles. The lowest BCUT2D eigenvalue weighted by atomic mass is 10.1. The zero-order chi connectivity index (χ0) is 14.7. The maximum Gasteiger partial charge on any atom is 0.255 e. The molecule has 0 spiro atoms. The van der Waals surface area contributed by atoms with Gasteiger partial charge in [0.15, 0.2) is 0 Å². The van der Waals surface area contributed by atoms with E-state index in [9.17, 15) is 4.79 Å². The van der Waals surface area contributed by atoms with Crippen molar-refractivity contribution in [2.24, 2.45) is 0 Å². The van der Waals surface area contributed by atoms with Gasteiger partial charge >= 0.3 is 0 Å². The number of benzene rings is 1. The molecular formula is C15H12Cl2N2O. The SMILES string of the molecule is CCn1c(-c2ccc(Cl)c(Cl)c2)ccc(CC#N)c1=O. The van der Waals surface area contributed by atoms with Gasteiger partial charge in [-0.05, 0) is 30.7 Å². The summed E-state index contributed by atoms with van der Waals surface area (Å²) in [6, 6.07) is 10.8. The van der Waals surface area contributed by atoms with Crippen molar-refractivity contribution in [1.82, 2.24) is 4.57 Å². The van der Waals surface area contributed by atoms with Crippen LogP contribution in [0.1, 0.15) is 12.5 Å². The summed E-state index contributed by atoms with van der Waals surface area (Å²) in [5.41, 5.74) is 1.94. The Bertz CT molecular complexity index is 745. The fraction of sp³-hybridized carbons (Fsp3) is 0.200. The number of hydrogen-bond donors (Lipinski definition) is 0. The molecule has 3 nitrogen and oxygen atoms in total. The highest BCUT2D eigenvalue weighted by Gasteiger charge is 2.10. The van der Waals surface area contributed by atoms with Gasteiger partial charge in [-0.3, -0.25) is 4.79 Å². The first-order valence-electron chi connectivity index (χ1n) is 6.13. The largest absolute Gasteiger partial charge is 0.308 e. The Morgan fingerprint density at radius 2 is 1.95 bits per heavy atom. The highest BCUT2D eigenvalue weighted by Crippen LogP contribution is 2.28. The van der Waals surface area contributed by atoms with Gasteiger partial charge in [-0.25, -0.2) is 0 Å². The third kappa shape index (κ3) is 2.72. The topological polar surface area (TPSA) is 45.8 Å². The minimum atomic E-state index is -0.141. The number of aromatic nitrogens is 1. The van der Waals surface area contributed by atoms with Crippen LogP contribution in [0, 0.1) is 11.3 Å². The van der Waals surface area contributed by atoms with Crippen molar-refractivity contribution < 1.29 is 0 Å². The van der Waals surface area contributed by atoms with Crippen molar-refractivity contribution in [2.45, 2.75) is 19.9 Å². The first-order chi connectivity index (χ1) is 9.58. The summed E-state index contributed by atoms with van der Waals surface area (Å²) in [4.78, 5) is 12.3. The number of rotatable bonds is 3. The summed E-state index contributed by atoms with van der Waals surface area (Å²) in [5.74, 6) is 0. The Morgan fingerprint density at radius 1 is 1.20 bits per heavy atom. The summed E-state index contributed by atoms with van der Waals surface area (Å²) in [6.07, 6.45) is 0.112. The molecule has 0 fully saturated rings. The van der Waals surface area contributed by atoms with Crippen LogP contribution in [0.4, 0.5) is 0 Å². The lowest BCUT2D eigenvalue weighted by Crippen LogP contribution is -2.24. The molecule has 0 radical (unpaired) electrons. The van der Waals surface area contributed by atoms with Crippen LogP contribution in [0.15, 0.2) is 35.1 Å². The Hall–Kier alpha value is -1.76. The van der Waals surface area contributed by atoms with Gasteiger partial charge in [0.2, 0.25) is 0 Å². The lowest BCUT2D eigenvalue weighted by Gasteiger charge is -2.13. The minimum Gasteiger partial charge on any atom is -0.308 e. The second-order valence-corrected chi connectivity index (χ2v) is 5.07. The molecule has 0 aliphatic rings. The molecule has 0 saturated heterocycles. The Morgan fingerprint density at radius 3 is 2.55 bits per heavy atom. The highest BCUT2D eigenvalue weighted by atomic mass is 35.5. The van der Waals surface area contributed by atoms with Crippen molar-refractivity contribution in [3.8, 4) is 17.3 Å². The molecule has 5 heteroatoms. The van der Waals surface area contributed by atoms with Crippen molar-refractivity contribution in [2.75, 3.05) is 0 Å². The number of nitrogens with zero attached hydrogens (tertiary/aromatic N) is 2. The van der Waals surface area contributed by atoms with Gasteiger partial charge in [-0.2, -0.15) is 5.26 Å². The molecule has 0 amide bonds. The summed E-state index contributed by atoms with van der Waals surface area (Å²) in [7, 11) is 0. The van der Waals surface area contributed by atoms with E-state index in [1.165, 1.54) is 0 Å². The fourth-order valence-corrected chi connectivity index (χ4v) is 2.36. The van der Waals surface area contributed by atoms with E-state index in [2.05, 4.69) is 0 Å². The zero-order valence-electron chi connectivity index (χ0n) is 10.9. The van der Waals surface area contributed by atoms with E-state index in [4.69, 9.17) is 28.5 Å². The maximum atomic E-state index is 12.3. The number of hydrogen-bond acceptors (Lipinski definition) is 2. The van der Waals surface area contributed by atoms with Gasteiger partial charge in [0.05, 0.1) is 28.2 Å². The molecule has 0 atom stereocenters. The third-order valence-corrected chi connectivity index (χ3v) is 3.79. The van der Waals surface area contributed by atoms with E-state index in [0.29, 0.717) is 22.2 Å². The minimum absolute atomic E-state index is 0.112. The smallest absolute Gasteiger partial charge is 0.255 e. The quantitative estimate of drug-likeness (QED) is 0.863. The molecular weight excluding hydrogens is 295 g/mol. The van der Waals surface area contributed by atoms with Gasteiger partial charge in [0, 0.05) is 12.1 Å². The first-order valence-corrected chi connectivity index (χ1v) is 6.89. The monoisotopic (exact) mass is 306 g/mol. The third-order valence-electron chi connectivity index (χ3n) is 3.05. The van der Waals surface area contributed by atoms with E-state index < -0.39 is 0 Å². The summed E-state index contributed by atoms with van der Waals surface area (Å²) in [6.45, 7) is 2.41. The van der Waals surface area contributed by atoms with Crippen molar-refractivity contribution in [1.29, 1.82) is 5.26 Å².